The molecule has 0 amide bonds. The molecule has 0 fully saturated rings. The molecule has 0 aliphatic carbocycles. The largest absolute Gasteiger partial charge is 0.513 e. The summed E-state index contributed by atoms with van der Waals surface area (Å²) in [6.07, 6.45) is -1.32. The highest BCUT2D eigenvalue weighted by Crippen LogP contribution is 2.27. The first-order chi connectivity index (χ1) is 5.89. The van der Waals surface area contributed by atoms with Crippen molar-refractivity contribution in [2.45, 2.75) is 26.2 Å². The number of ether oxygens (including phenoxy) is 1. The number of thiazole rings is 1. The number of carboxylic acid groups (broad SMARTS) is 1. The van der Waals surface area contributed by atoms with Crippen LogP contribution >= 0.6 is 11.3 Å². The van der Waals surface area contributed by atoms with E-state index < -0.39 is 6.16 Å². The highest BCUT2D eigenvalue weighted by Gasteiger charge is 2.18. The lowest BCUT2D eigenvalue weighted by atomic mass is 9.93. The Morgan fingerprint density at radius 3 is 2.62 bits per heavy atom. The van der Waals surface area contributed by atoms with Crippen LogP contribution in [0.2, 0.25) is 0 Å². The molecule has 5 heteroatoms. The lowest BCUT2D eigenvalue weighted by Gasteiger charge is -2.13. The number of carbonyl (C=O) groups is 1. The molecule has 0 radical (unpaired) electrons. The molecule has 1 heterocycles. The number of hydrogen-bond donors (Lipinski definition) is 1. The topological polar surface area (TPSA) is 59.4 Å². The van der Waals surface area contributed by atoms with Gasteiger partial charge in [-0.2, -0.15) is 0 Å². The third-order valence-corrected chi connectivity index (χ3v) is 2.14. The molecule has 1 aromatic rings. The van der Waals surface area contributed by atoms with Gasteiger partial charge in [0, 0.05) is 10.8 Å². The van der Waals surface area contributed by atoms with Crippen LogP contribution < -0.4 is 4.74 Å². The predicted octanol–water partition coefficient (Wildman–Crippen LogP) is 2.50. The SMILES string of the molecule is CC(C)(C)c1csc(OC(=O)O)n1. The fourth-order valence-electron chi connectivity index (χ4n) is 0.723. The van der Waals surface area contributed by atoms with Gasteiger partial charge in [0.1, 0.15) is 0 Å². The Balaban J connectivity index is 2.81. The zero-order chi connectivity index (χ0) is 10.1. The molecular formula is C8H11NO3S. The second kappa shape index (κ2) is 3.33. The normalized spacial score (nSPS) is 11.3. The minimum Gasteiger partial charge on any atom is -0.449 e. The third-order valence-electron chi connectivity index (χ3n) is 1.43. The van der Waals surface area contributed by atoms with Gasteiger partial charge in [-0.25, -0.2) is 9.78 Å². The number of nitrogens with zero attached hydrogens (tertiary/aromatic N) is 1. The van der Waals surface area contributed by atoms with Crippen LogP contribution in [-0.2, 0) is 5.41 Å². The van der Waals surface area contributed by atoms with Crippen LogP contribution in [0, 0.1) is 0 Å². The maximum Gasteiger partial charge on any atom is 0.513 e. The van der Waals surface area contributed by atoms with E-state index in [4.69, 9.17) is 5.11 Å². The van der Waals surface area contributed by atoms with E-state index in [0.29, 0.717) is 0 Å². The average molecular weight is 201 g/mol. The summed E-state index contributed by atoms with van der Waals surface area (Å²) < 4.78 is 4.41. The first-order valence-corrected chi connectivity index (χ1v) is 4.64. The van der Waals surface area contributed by atoms with E-state index in [1.807, 2.05) is 20.8 Å². The fraction of sp³-hybridized carbons (Fsp3) is 0.500. The van der Waals surface area contributed by atoms with Gasteiger partial charge in [-0.15, -0.1) is 0 Å². The molecule has 0 aliphatic heterocycles. The van der Waals surface area contributed by atoms with Crippen molar-refractivity contribution in [3.63, 3.8) is 0 Å². The van der Waals surface area contributed by atoms with Crippen molar-refractivity contribution in [1.29, 1.82) is 0 Å². The molecule has 0 saturated carbocycles. The van der Waals surface area contributed by atoms with E-state index in [1.165, 1.54) is 11.3 Å². The van der Waals surface area contributed by atoms with Crippen LogP contribution in [0.3, 0.4) is 0 Å². The zero-order valence-electron chi connectivity index (χ0n) is 7.70. The minimum absolute atomic E-state index is 0.0728. The molecule has 0 aliphatic rings. The number of rotatable bonds is 1. The van der Waals surface area contributed by atoms with Crippen molar-refractivity contribution in [2.24, 2.45) is 0 Å². The van der Waals surface area contributed by atoms with Gasteiger partial charge in [-0.1, -0.05) is 32.1 Å². The van der Waals surface area contributed by atoms with Gasteiger partial charge in [-0.05, 0) is 0 Å². The highest BCUT2D eigenvalue weighted by molar-refractivity contribution is 7.11. The molecule has 72 valence electrons. The van der Waals surface area contributed by atoms with Crippen LogP contribution in [-0.4, -0.2) is 16.2 Å². The maximum absolute atomic E-state index is 10.2. The molecule has 1 rings (SSSR count). The van der Waals surface area contributed by atoms with E-state index in [1.54, 1.807) is 5.38 Å². The van der Waals surface area contributed by atoms with Crippen LogP contribution in [0.25, 0.3) is 0 Å². The van der Waals surface area contributed by atoms with Gasteiger partial charge in [0.05, 0.1) is 5.69 Å². The molecule has 0 aromatic carbocycles. The van der Waals surface area contributed by atoms with Gasteiger partial charge in [0.2, 0.25) is 0 Å². The Hall–Kier alpha value is -1.10. The van der Waals surface area contributed by atoms with Crippen LogP contribution in [0.1, 0.15) is 26.5 Å². The third kappa shape index (κ3) is 2.69. The van der Waals surface area contributed by atoms with Crippen LogP contribution in [0.5, 0.6) is 5.19 Å². The standard InChI is InChI=1S/C8H11NO3S/c1-8(2,3)5-4-13-6(9-5)12-7(10)11/h4H,1-3H3,(H,10,11). The number of hydrogen-bond acceptors (Lipinski definition) is 4. The molecule has 13 heavy (non-hydrogen) atoms. The van der Waals surface area contributed by atoms with E-state index in [0.717, 1.165) is 5.69 Å². The van der Waals surface area contributed by atoms with Gasteiger partial charge in [-0.3, -0.25) is 0 Å². The Bertz CT molecular complexity index is 313. The molecule has 0 atom stereocenters. The van der Waals surface area contributed by atoms with Crippen molar-refractivity contribution < 1.29 is 14.6 Å². The second-order valence-electron chi connectivity index (χ2n) is 3.62. The van der Waals surface area contributed by atoms with Crippen molar-refractivity contribution in [2.75, 3.05) is 0 Å². The molecule has 0 spiro atoms. The molecular weight excluding hydrogens is 190 g/mol. The Labute approximate surface area is 80.2 Å². The summed E-state index contributed by atoms with van der Waals surface area (Å²) in [6.45, 7) is 6.02. The fourth-order valence-corrected chi connectivity index (χ4v) is 1.61. The summed E-state index contributed by atoms with van der Waals surface area (Å²) in [5, 5.41) is 10.3. The lowest BCUT2D eigenvalue weighted by Crippen LogP contribution is -2.11. The Kier molecular flexibility index (Phi) is 2.56. The molecule has 0 bridgehead atoms. The van der Waals surface area contributed by atoms with E-state index >= 15 is 0 Å². The van der Waals surface area contributed by atoms with E-state index in [2.05, 4.69) is 9.72 Å². The summed E-state index contributed by atoms with van der Waals surface area (Å²) >= 11 is 1.19. The summed E-state index contributed by atoms with van der Waals surface area (Å²) in [7, 11) is 0. The predicted molar refractivity (Wildman–Crippen MR) is 49.5 cm³/mol. The molecule has 0 unspecified atom stereocenters. The first kappa shape index (κ1) is 9.98. The minimum atomic E-state index is -1.32. The van der Waals surface area contributed by atoms with Crippen molar-refractivity contribution in [3.8, 4) is 5.19 Å². The van der Waals surface area contributed by atoms with Gasteiger partial charge >= 0.3 is 6.16 Å². The summed E-state index contributed by atoms with van der Waals surface area (Å²) in [4.78, 5) is 14.2. The number of aromatic nitrogens is 1. The molecule has 1 aromatic heterocycles. The van der Waals surface area contributed by atoms with Crippen LogP contribution in [0.4, 0.5) is 4.79 Å². The lowest BCUT2D eigenvalue weighted by molar-refractivity contribution is 0.144. The Morgan fingerprint density at radius 1 is 1.62 bits per heavy atom. The summed E-state index contributed by atoms with van der Waals surface area (Å²) in [5.41, 5.74) is 0.769. The Morgan fingerprint density at radius 2 is 2.23 bits per heavy atom. The van der Waals surface area contributed by atoms with Gasteiger partial charge < -0.3 is 9.84 Å². The van der Waals surface area contributed by atoms with E-state index in [-0.39, 0.29) is 10.6 Å². The first-order valence-electron chi connectivity index (χ1n) is 3.76. The average Bonchev–Trinajstić information content (AvgIpc) is 2.32. The molecule has 1 N–H and O–H groups in total. The van der Waals surface area contributed by atoms with E-state index in [9.17, 15) is 4.79 Å². The second-order valence-corrected chi connectivity index (χ2v) is 4.44. The molecule has 4 nitrogen and oxygen atoms in total. The quantitative estimate of drug-likeness (QED) is 0.709. The van der Waals surface area contributed by atoms with Crippen molar-refractivity contribution in [3.05, 3.63) is 11.1 Å². The van der Waals surface area contributed by atoms with Crippen molar-refractivity contribution in [1.82, 2.24) is 4.98 Å². The zero-order valence-corrected chi connectivity index (χ0v) is 8.51. The summed E-state index contributed by atoms with van der Waals surface area (Å²) in [6, 6.07) is 0. The highest BCUT2D eigenvalue weighted by atomic mass is 32.1. The summed E-state index contributed by atoms with van der Waals surface area (Å²) in [5.74, 6) is 0. The van der Waals surface area contributed by atoms with Gasteiger partial charge in [0.15, 0.2) is 0 Å². The van der Waals surface area contributed by atoms with Gasteiger partial charge in [0.25, 0.3) is 5.19 Å². The van der Waals surface area contributed by atoms with Crippen molar-refractivity contribution >= 4 is 17.5 Å². The monoisotopic (exact) mass is 201 g/mol. The van der Waals surface area contributed by atoms with Crippen LogP contribution in [0.15, 0.2) is 5.38 Å². The smallest absolute Gasteiger partial charge is 0.449 e. The maximum atomic E-state index is 10.2. The molecule has 0 saturated heterocycles.